The summed E-state index contributed by atoms with van der Waals surface area (Å²) in [6.07, 6.45) is 7.43. The maximum absolute atomic E-state index is 14.2. The third-order valence-corrected chi connectivity index (χ3v) is 7.49. The molecule has 4 aromatic rings. The van der Waals surface area contributed by atoms with E-state index in [4.69, 9.17) is 0 Å². The van der Waals surface area contributed by atoms with Gasteiger partial charge >= 0.3 is 0 Å². The van der Waals surface area contributed by atoms with E-state index >= 15 is 0 Å². The van der Waals surface area contributed by atoms with E-state index in [0.717, 1.165) is 11.8 Å². The number of rotatable bonds is 5. The molecule has 1 aliphatic rings. The SMILES string of the molecule is CN(C)C1CCN(C(=O)c2ccc3c([S+](C)[O-])cn(-c4ncc(-c5ccccc5F)cn4)c3c2)C1. The Bertz CT molecular complexity index is 1390. The Hall–Kier alpha value is -3.27. The monoisotopic (exact) mass is 491 g/mol. The van der Waals surface area contributed by atoms with E-state index in [-0.39, 0.29) is 11.7 Å². The number of halogens is 1. The highest BCUT2D eigenvalue weighted by atomic mass is 32.2. The average Bonchev–Trinajstić information content (AvgIpc) is 3.50. The van der Waals surface area contributed by atoms with E-state index in [1.54, 1.807) is 53.7 Å². The summed E-state index contributed by atoms with van der Waals surface area (Å²) in [5.41, 5.74) is 2.24. The normalized spacial score (nSPS) is 16.9. The van der Waals surface area contributed by atoms with Gasteiger partial charge in [0, 0.05) is 48.2 Å². The quantitative estimate of drug-likeness (QED) is 0.398. The molecule has 1 aliphatic heterocycles. The van der Waals surface area contributed by atoms with Gasteiger partial charge in [-0.25, -0.2) is 14.4 Å². The van der Waals surface area contributed by atoms with Crippen molar-refractivity contribution in [3.05, 3.63) is 72.4 Å². The molecule has 9 heteroatoms. The van der Waals surface area contributed by atoms with Crippen molar-refractivity contribution < 1.29 is 13.7 Å². The zero-order chi connectivity index (χ0) is 24.7. The predicted octanol–water partition coefficient (Wildman–Crippen LogP) is 3.74. The van der Waals surface area contributed by atoms with Gasteiger partial charge in [-0.05, 0) is 56.0 Å². The van der Waals surface area contributed by atoms with Crippen LogP contribution in [0.25, 0.3) is 28.0 Å². The van der Waals surface area contributed by atoms with Crippen molar-refractivity contribution in [3.63, 3.8) is 0 Å². The molecule has 3 heterocycles. The van der Waals surface area contributed by atoms with Crippen molar-refractivity contribution >= 4 is 28.0 Å². The van der Waals surface area contributed by atoms with Gasteiger partial charge in [0.05, 0.1) is 17.1 Å². The van der Waals surface area contributed by atoms with Gasteiger partial charge in [-0.3, -0.25) is 9.36 Å². The van der Waals surface area contributed by atoms with Gasteiger partial charge in [0.25, 0.3) is 5.91 Å². The Kier molecular flexibility index (Phi) is 6.31. The van der Waals surface area contributed by atoms with Gasteiger partial charge in [0.1, 0.15) is 12.1 Å². The summed E-state index contributed by atoms with van der Waals surface area (Å²) in [6, 6.07) is 12.2. The Labute approximate surface area is 206 Å². The van der Waals surface area contributed by atoms with Gasteiger partial charge in [0.15, 0.2) is 4.90 Å². The second-order valence-corrected chi connectivity index (χ2v) is 10.3. The highest BCUT2D eigenvalue weighted by Crippen LogP contribution is 2.30. The van der Waals surface area contributed by atoms with Crippen LogP contribution in [0.4, 0.5) is 4.39 Å². The molecule has 1 amide bonds. The second-order valence-electron chi connectivity index (χ2n) is 8.96. The number of hydrogen-bond acceptors (Lipinski definition) is 5. The van der Waals surface area contributed by atoms with Gasteiger partial charge in [-0.2, -0.15) is 0 Å². The van der Waals surface area contributed by atoms with Crippen molar-refractivity contribution in [2.75, 3.05) is 33.4 Å². The Balaban J connectivity index is 1.53. The minimum absolute atomic E-state index is 0.0287. The molecule has 7 nitrogen and oxygen atoms in total. The Morgan fingerprint density at radius 1 is 1.17 bits per heavy atom. The average molecular weight is 492 g/mol. The van der Waals surface area contributed by atoms with E-state index in [2.05, 4.69) is 14.9 Å². The number of carbonyl (C=O) groups is 1. The molecular weight excluding hydrogens is 465 g/mol. The molecule has 0 bridgehead atoms. The largest absolute Gasteiger partial charge is 0.612 e. The van der Waals surface area contributed by atoms with Crippen molar-refractivity contribution in [2.24, 2.45) is 0 Å². The van der Waals surface area contributed by atoms with Crippen LogP contribution >= 0.6 is 0 Å². The first-order valence-electron chi connectivity index (χ1n) is 11.3. The number of carbonyl (C=O) groups excluding carboxylic acids is 1. The predicted molar refractivity (Wildman–Crippen MR) is 135 cm³/mol. The third-order valence-electron chi connectivity index (χ3n) is 6.55. The maximum atomic E-state index is 14.2. The fraction of sp³-hybridized carbons (Fsp3) is 0.269. The lowest BCUT2D eigenvalue weighted by Gasteiger charge is -2.20. The highest BCUT2D eigenvalue weighted by Gasteiger charge is 2.29. The van der Waals surface area contributed by atoms with Crippen LogP contribution in [0, 0.1) is 5.82 Å². The first-order valence-corrected chi connectivity index (χ1v) is 12.9. The number of likely N-dealkylation sites (N-methyl/N-ethyl adjacent to an activating group) is 1. The van der Waals surface area contributed by atoms with Gasteiger partial charge in [-0.15, -0.1) is 0 Å². The fourth-order valence-electron chi connectivity index (χ4n) is 4.53. The molecule has 0 radical (unpaired) electrons. The van der Waals surface area contributed by atoms with Crippen molar-refractivity contribution in [1.82, 2.24) is 24.3 Å². The molecule has 180 valence electrons. The molecule has 1 saturated heterocycles. The minimum Gasteiger partial charge on any atom is -0.612 e. The minimum atomic E-state index is -1.25. The van der Waals surface area contributed by atoms with Crippen LogP contribution in [0.1, 0.15) is 16.8 Å². The number of nitrogens with zero attached hydrogens (tertiary/aromatic N) is 5. The van der Waals surface area contributed by atoms with Crippen LogP contribution in [-0.4, -0.2) is 74.3 Å². The summed E-state index contributed by atoms with van der Waals surface area (Å²) in [6.45, 7) is 1.40. The zero-order valence-corrected chi connectivity index (χ0v) is 20.6. The number of amides is 1. The second kappa shape index (κ2) is 9.41. The van der Waals surface area contributed by atoms with Crippen molar-refractivity contribution in [2.45, 2.75) is 17.4 Å². The summed E-state index contributed by atoms with van der Waals surface area (Å²) in [4.78, 5) is 26.8. The van der Waals surface area contributed by atoms with Crippen LogP contribution in [0.15, 0.2) is 66.0 Å². The van der Waals surface area contributed by atoms with E-state index in [0.29, 0.717) is 52.2 Å². The molecule has 0 N–H and O–H groups in total. The summed E-state index contributed by atoms with van der Waals surface area (Å²) < 4.78 is 28.4. The lowest BCUT2D eigenvalue weighted by molar-refractivity contribution is 0.0783. The molecule has 0 spiro atoms. The van der Waals surface area contributed by atoms with Gasteiger partial charge in [-0.1, -0.05) is 18.2 Å². The summed E-state index contributed by atoms with van der Waals surface area (Å²) in [5.74, 6) is -0.0234. The number of benzene rings is 2. The van der Waals surface area contributed by atoms with Crippen LogP contribution in [-0.2, 0) is 11.2 Å². The van der Waals surface area contributed by atoms with Gasteiger partial charge in [0.2, 0.25) is 5.95 Å². The zero-order valence-electron chi connectivity index (χ0n) is 19.8. The summed E-state index contributed by atoms with van der Waals surface area (Å²) in [7, 11) is 4.06. The third kappa shape index (κ3) is 4.42. The molecule has 2 aromatic heterocycles. The lowest BCUT2D eigenvalue weighted by atomic mass is 10.1. The first kappa shape index (κ1) is 23.5. The number of likely N-dealkylation sites (tertiary alicyclic amines) is 1. The van der Waals surface area contributed by atoms with Crippen LogP contribution in [0.3, 0.4) is 0 Å². The standard InChI is InChI=1S/C26H26FN5O2S/c1-30(2)19-10-11-31(15-19)25(33)17-8-9-21-23(12-17)32(16-24(21)35(3)34)26-28-13-18(14-29-26)20-6-4-5-7-22(20)27/h4-9,12-14,16,19H,10-11,15H2,1-3H3. The molecule has 2 aromatic carbocycles. The van der Waals surface area contributed by atoms with E-state index in [1.807, 2.05) is 31.1 Å². The van der Waals surface area contributed by atoms with Crippen LogP contribution in [0.5, 0.6) is 0 Å². The summed E-state index contributed by atoms with van der Waals surface area (Å²) >= 11 is -1.25. The lowest BCUT2D eigenvalue weighted by Crippen LogP contribution is -2.34. The molecule has 1 fully saturated rings. The number of hydrogen-bond donors (Lipinski definition) is 0. The number of aromatic nitrogens is 3. The van der Waals surface area contributed by atoms with E-state index < -0.39 is 11.2 Å². The summed E-state index contributed by atoms with van der Waals surface area (Å²) in [5, 5.41) is 0.775. The fourth-order valence-corrected chi connectivity index (χ4v) is 5.27. The maximum Gasteiger partial charge on any atom is 0.253 e. The molecule has 2 unspecified atom stereocenters. The molecule has 0 aliphatic carbocycles. The first-order chi connectivity index (χ1) is 16.8. The van der Waals surface area contributed by atoms with E-state index in [9.17, 15) is 13.7 Å². The van der Waals surface area contributed by atoms with Gasteiger partial charge < -0.3 is 14.4 Å². The molecular formula is C26H26FN5O2S. The Morgan fingerprint density at radius 3 is 2.57 bits per heavy atom. The molecule has 0 saturated carbocycles. The topological polar surface area (TPSA) is 77.3 Å². The number of fused-ring (bicyclic) bond motifs is 1. The molecule has 2 atom stereocenters. The van der Waals surface area contributed by atoms with Crippen molar-refractivity contribution in [3.8, 4) is 17.1 Å². The van der Waals surface area contributed by atoms with E-state index in [1.165, 1.54) is 6.07 Å². The smallest absolute Gasteiger partial charge is 0.253 e. The molecule has 35 heavy (non-hydrogen) atoms. The van der Waals surface area contributed by atoms with Crippen LogP contribution in [0.2, 0.25) is 0 Å². The molecule has 5 rings (SSSR count). The van der Waals surface area contributed by atoms with Crippen molar-refractivity contribution in [1.29, 1.82) is 0 Å². The highest BCUT2D eigenvalue weighted by molar-refractivity contribution is 7.91. The Morgan fingerprint density at radius 2 is 1.91 bits per heavy atom. The van der Waals surface area contributed by atoms with Crippen LogP contribution < -0.4 is 0 Å².